The molecular formula is C14H17BO2. The van der Waals surface area contributed by atoms with E-state index in [0.29, 0.717) is 12.8 Å². The van der Waals surface area contributed by atoms with Gasteiger partial charge in [-0.05, 0) is 18.4 Å². The molecule has 0 saturated heterocycles. The summed E-state index contributed by atoms with van der Waals surface area (Å²) in [6.07, 6.45) is 1.19. The lowest BCUT2D eigenvalue weighted by Crippen LogP contribution is -2.22. The van der Waals surface area contributed by atoms with E-state index in [-0.39, 0.29) is 23.9 Å². The highest BCUT2D eigenvalue weighted by Gasteiger charge is 2.26. The molecule has 1 aliphatic rings. The van der Waals surface area contributed by atoms with E-state index in [1.165, 1.54) is 11.0 Å². The van der Waals surface area contributed by atoms with Gasteiger partial charge in [-0.15, -0.1) is 0 Å². The van der Waals surface area contributed by atoms with Gasteiger partial charge >= 0.3 is 0 Å². The van der Waals surface area contributed by atoms with Crippen molar-refractivity contribution in [1.82, 2.24) is 0 Å². The quantitative estimate of drug-likeness (QED) is 0.568. The molecular weight excluding hydrogens is 211 g/mol. The third kappa shape index (κ3) is 2.66. The fraction of sp³-hybridized carbons (Fsp3) is 0.429. The van der Waals surface area contributed by atoms with Gasteiger partial charge in [-0.2, -0.15) is 0 Å². The van der Waals surface area contributed by atoms with Crippen LogP contribution in [0, 0.1) is 6.92 Å². The summed E-state index contributed by atoms with van der Waals surface area (Å²) in [5, 5.41) is 0. The maximum Gasteiger partial charge on any atom is 0.154 e. The smallest absolute Gasteiger partial charge is 0.154 e. The number of ketones is 2. The molecule has 1 aliphatic carbocycles. The van der Waals surface area contributed by atoms with Crippen molar-refractivity contribution in [3.8, 4) is 0 Å². The maximum absolute atomic E-state index is 11.4. The largest absolute Gasteiger partial charge is 0.299 e. The molecule has 0 spiro atoms. The lowest BCUT2D eigenvalue weighted by Gasteiger charge is -2.21. The molecule has 0 amide bonds. The highest BCUT2D eigenvalue weighted by Crippen LogP contribution is 2.29. The molecule has 0 aromatic heterocycles. The normalized spacial score (nSPS) is 17.3. The fourth-order valence-electron chi connectivity index (χ4n) is 2.59. The zero-order valence-corrected chi connectivity index (χ0v) is 10.5. The molecule has 2 rings (SSSR count). The number of carbonyl (C=O) groups excluding carboxylic acids is 2. The minimum atomic E-state index is 0.0865. The first-order valence-electron chi connectivity index (χ1n) is 6.23. The van der Waals surface area contributed by atoms with Crippen LogP contribution in [-0.2, 0) is 9.59 Å². The van der Waals surface area contributed by atoms with Crippen molar-refractivity contribution in [2.24, 2.45) is 0 Å². The summed E-state index contributed by atoms with van der Waals surface area (Å²) in [6, 6.07) is 6.33. The number of hydrogen-bond donors (Lipinski definition) is 0. The van der Waals surface area contributed by atoms with Crippen molar-refractivity contribution in [2.45, 2.75) is 38.9 Å². The Morgan fingerprint density at radius 1 is 1.18 bits per heavy atom. The molecule has 1 aromatic carbocycles. The van der Waals surface area contributed by atoms with Gasteiger partial charge in [-0.3, -0.25) is 9.59 Å². The Balaban J connectivity index is 2.25. The van der Waals surface area contributed by atoms with Crippen LogP contribution in [0.15, 0.2) is 18.2 Å². The van der Waals surface area contributed by atoms with Gasteiger partial charge in [0.25, 0.3) is 0 Å². The van der Waals surface area contributed by atoms with Crippen molar-refractivity contribution in [1.29, 1.82) is 0 Å². The zero-order valence-electron chi connectivity index (χ0n) is 10.5. The van der Waals surface area contributed by atoms with E-state index in [1.807, 2.05) is 0 Å². The minimum Gasteiger partial charge on any atom is -0.299 e. The van der Waals surface area contributed by atoms with Crippen LogP contribution in [0.4, 0.5) is 0 Å². The molecule has 3 heteroatoms. The van der Waals surface area contributed by atoms with E-state index in [4.69, 9.17) is 0 Å². The molecule has 0 aliphatic heterocycles. The van der Waals surface area contributed by atoms with Crippen LogP contribution < -0.4 is 5.46 Å². The Morgan fingerprint density at radius 2 is 1.82 bits per heavy atom. The summed E-state index contributed by atoms with van der Waals surface area (Å²) in [4.78, 5) is 22.9. The Morgan fingerprint density at radius 3 is 2.35 bits per heavy atom. The summed E-state index contributed by atoms with van der Waals surface area (Å²) >= 11 is 0. The molecule has 1 saturated carbocycles. The number of benzene rings is 1. The second-order valence-electron chi connectivity index (χ2n) is 4.90. The molecule has 0 atom stereocenters. The van der Waals surface area contributed by atoms with E-state index in [9.17, 15) is 9.59 Å². The first-order valence-corrected chi connectivity index (χ1v) is 6.23. The lowest BCUT2D eigenvalue weighted by atomic mass is 9.70. The SMILES string of the molecule is CBc1ccc(C2CC(=O)CC(=O)C2)cc1C. The molecule has 1 fully saturated rings. The number of carbonyl (C=O) groups is 2. The number of aryl methyl sites for hydroxylation is 1. The summed E-state index contributed by atoms with van der Waals surface area (Å²) < 4.78 is 0. The van der Waals surface area contributed by atoms with Gasteiger partial charge in [-0.25, -0.2) is 0 Å². The van der Waals surface area contributed by atoms with Crippen LogP contribution in [0.25, 0.3) is 0 Å². The summed E-state index contributed by atoms with van der Waals surface area (Å²) in [5.41, 5.74) is 3.73. The van der Waals surface area contributed by atoms with Crippen LogP contribution in [0.5, 0.6) is 0 Å². The standard InChI is InChI=1S/C14H17BO2/c1-9-5-10(3-4-14(9)15-2)11-6-12(16)8-13(17)7-11/h3-5,11,15H,6-8H2,1-2H3. The van der Waals surface area contributed by atoms with Gasteiger partial charge in [0.1, 0.15) is 11.6 Å². The Bertz CT molecular complexity index is 449. The summed E-state index contributed by atoms with van der Waals surface area (Å²) in [6.45, 7) is 4.23. The molecule has 17 heavy (non-hydrogen) atoms. The summed E-state index contributed by atoms with van der Waals surface area (Å²) in [7, 11) is 1.02. The molecule has 2 nitrogen and oxygen atoms in total. The van der Waals surface area contributed by atoms with E-state index >= 15 is 0 Å². The maximum atomic E-state index is 11.4. The predicted octanol–water partition coefficient (Wildman–Crippen LogP) is 1.51. The molecule has 0 bridgehead atoms. The molecule has 0 radical (unpaired) electrons. The van der Waals surface area contributed by atoms with Crippen LogP contribution in [-0.4, -0.2) is 18.8 Å². The van der Waals surface area contributed by atoms with E-state index < -0.39 is 0 Å². The van der Waals surface area contributed by atoms with E-state index in [1.54, 1.807) is 0 Å². The third-order valence-corrected chi connectivity index (χ3v) is 3.56. The number of Topliss-reactive ketones (excluding diaryl/α,β-unsaturated/α-hetero) is 2. The average molecular weight is 228 g/mol. The first kappa shape index (κ1) is 12.1. The highest BCUT2D eigenvalue weighted by molar-refractivity contribution is 6.52. The molecule has 1 aromatic rings. The second-order valence-corrected chi connectivity index (χ2v) is 4.90. The van der Waals surface area contributed by atoms with Crippen molar-refractivity contribution in [3.05, 3.63) is 29.3 Å². The summed E-state index contributed by atoms with van der Waals surface area (Å²) in [5.74, 6) is 0.278. The van der Waals surface area contributed by atoms with Gasteiger partial charge in [0.05, 0.1) is 6.42 Å². The third-order valence-electron chi connectivity index (χ3n) is 3.56. The molecule has 0 N–H and O–H groups in total. The van der Waals surface area contributed by atoms with Crippen molar-refractivity contribution in [3.63, 3.8) is 0 Å². The predicted molar refractivity (Wildman–Crippen MR) is 70.4 cm³/mol. The Kier molecular flexibility index (Phi) is 3.46. The van der Waals surface area contributed by atoms with Gasteiger partial charge < -0.3 is 0 Å². The highest BCUT2D eigenvalue weighted by atomic mass is 16.1. The van der Waals surface area contributed by atoms with Crippen LogP contribution >= 0.6 is 0 Å². The Hall–Kier alpha value is -1.38. The van der Waals surface area contributed by atoms with Gasteiger partial charge in [0.15, 0.2) is 7.28 Å². The van der Waals surface area contributed by atoms with Crippen molar-refractivity contribution in [2.75, 3.05) is 0 Å². The van der Waals surface area contributed by atoms with Crippen molar-refractivity contribution < 1.29 is 9.59 Å². The van der Waals surface area contributed by atoms with Crippen LogP contribution in [0.2, 0.25) is 6.82 Å². The lowest BCUT2D eigenvalue weighted by molar-refractivity contribution is -0.130. The molecule has 0 unspecified atom stereocenters. The van der Waals surface area contributed by atoms with Gasteiger partial charge in [-0.1, -0.05) is 36.0 Å². The first-order chi connectivity index (χ1) is 8.10. The fourth-order valence-corrected chi connectivity index (χ4v) is 2.59. The van der Waals surface area contributed by atoms with Gasteiger partial charge in [0, 0.05) is 12.8 Å². The minimum absolute atomic E-state index is 0.0865. The average Bonchev–Trinajstić information content (AvgIpc) is 2.27. The van der Waals surface area contributed by atoms with Crippen LogP contribution in [0.1, 0.15) is 36.3 Å². The van der Waals surface area contributed by atoms with E-state index in [0.717, 1.165) is 12.8 Å². The van der Waals surface area contributed by atoms with Crippen LogP contribution in [0.3, 0.4) is 0 Å². The number of hydrogen-bond acceptors (Lipinski definition) is 2. The van der Waals surface area contributed by atoms with Gasteiger partial charge in [0.2, 0.25) is 0 Å². The number of rotatable bonds is 2. The molecule has 0 heterocycles. The Labute approximate surface area is 103 Å². The monoisotopic (exact) mass is 228 g/mol. The topological polar surface area (TPSA) is 34.1 Å². The van der Waals surface area contributed by atoms with E-state index in [2.05, 4.69) is 31.9 Å². The second kappa shape index (κ2) is 4.86. The zero-order chi connectivity index (χ0) is 12.4. The van der Waals surface area contributed by atoms with Crippen molar-refractivity contribution >= 4 is 24.3 Å². The molecule has 88 valence electrons.